The second-order valence-corrected chi connectivity index (χ2v) is 6.19. The third-order valence-corrected chi connectivity index (χ3v) is 4.76. The van der Waals surface area contributed by atoms with Crippen molar-refractivity contribution < 1.29 is 9.90 Å². The first kappa shape index (κ1) is 16.5. The molecule has 2 heterocycles. The highest BCUT2D eigenvalue weighted by Crippen LogP contribution is 2.30. The molecule has 0 saturated carbocycles. The molecule has 0 radical (unpaired) electrons. The summed E-state index contributed by atoms with van der Waals surface area (Å²) in [5.41, 5.74) is 2.22. The average Bonchev–Trinajstić information content (AvgIpc) is 3.07. The standard InChI is InChI=1S/C18H24N4O2/c1-3-13(2)22-17(8-10-19-22)20-18(24)21-11-9-14-6-4-5-7-15(14)16(21)12-23/h4-8,10,13,16,23H,3,9,11-12H2,1-2H3,(H,20,24). The fraction of sp³-hybridized carbons (Fsp3) is 0.444. The molecule has 1 aliphatic heterocycles. The molecule has 24 heavy (non-hydrogen) atoms. The summed E-state index contributed by atoms with van der Waals surface area (Å²) in [6.45, 7) is 4.65. The Morgan fingerprint density at radius 2 is 2.21 bits per heavy atom. The normalized spacial score (nSPS) is 18.1. The van der Waals surface area contributed by atoms with E-state index >= 15 is 0 Å². The molecule has 6 heteroatoms. The number of anilines is 1. The third kappa shape index (κ3) is 3.01. The molecular weight excluding hydrogens is 304 g/mol. The van der Waals surface area contributed by atoms with Crippen LogP contribution in [0.3, 0.4) is 0 Å². The van der Waals surface area contributed by atoms with Gasteiger partial charge in [-0.15, -0.1) is 0 Å². The number of carbonyl (C=O) groups excluding carboxylic acids is 1. The van der Waals surface area contributed by atoms with Crippen molar-refractivity contribution in [2.24, 2.45) is 0 Å². The number of urea groups is 1. The van der Waals surface area contributed by atoms with Crippen molar-refractivity contribution in [1.82, 2.24) is 14.7 Å². The molecule has 2 aromatic rings. The number of aliphatic hydroxyl groups is 1. The number of aromatic nitrogens is 2. The smallest absolute Gasteiger partial charge is 0.323 e. The lowest BCUT2D eigenvalue weighted by Crippen LogP contribution is -2.44. The minimum Gasteiger partial charge on any atom is -0.394 e. The number of nitrogens with zero attached hydrogens (tertiary/aromatic N) is 3. The number of nitrogens with one attached hydrogen (secondary N) is 1. The van der Waals surface area contributed by atoms with E-state index in [0.717, 1.165) is 18.4 Å². The van der Waals surface area contributed by atoms with Gasteiger partial charge < -0.3 is 10.0 Å². The first-order valence-electron chi connectivity index (χ1n) is 8.45. The van der Waals surface area contributed by atoms with Gasteiger partial charge in [0.2, 0.25) is 0 Å². The molecule has 2 amide bonds. The van der Waals surface area contributed by atoms with Gasteiger partial charge in [0.1, 0.15) is 5.82 Å². The quantitative estimate of drug-likeness (QED) is 0.906. The van der Waals surface area contributed by atoms with E-state index in [2.05, 4.69) is 30.3 Å². The molecule has 0 aliphatic carbocycles. The minimum atomic E-state index is -0.310. The highest BCUT2D eigenvalue weighted by Gasteiger charge is 2.30. The van der Waals surface area contributed by atoms with Crippen LogP contribution in [0.15, 0.2) is 36.5 Å². The predicted molar refractivity (Wildman–Crippen MR) is 92.9 cm³/mol. The predicted octanol–water partition coefficient (Wildman–Crippen LogP) is 2.98. The maximum atomic E-state index is 12.8. The third-order valence-electron chi connectivity index (χ3n) is 4.76. The van der Waals surface area contributed by atoms with Gasteiger partial charge in [-0.05, 0) is 30.9 Å². The van der Waals surface area contributed by atoms with Gasteiger partial charge in [0.25, 0.3) is 0 Å². The van der Waals surface area contributed by atoms with Crippen molar-refractivity contribution >= 4 is 11.8 Å². The summed E-state index contributed by atoms with van der Waals surface area (Å²) >= 11 is 0. The Morgan fingerprint density at radius 1 is 1.42 bits per heavy atom. The molecule has 6 nitrogen and oxygen atoms in total. The Bertz CT molecular complexity index is 713. The lowest BCUT2D eigenvalue weighted by Gasteiger charge is -2.36. The molecule has 2 atom stereocenters. The molecule has 1 aromatic heterocycles. The van der Waals surface area contributed by atoms with Crippen LogP contribution in [0.4, 0.5) is 10.6 Å². The van der Waals surface area contributed by atoms with E-state index in [1.807, 2.05) is 22.9 Å². The van der Waals surface area contributed by atoms with E-state index < -0.39 is 0 Å². The molecule has 0 spiro atoms. The summed E-state index contributed by atoms with van der Waals surface area (Å²) in [6, 6.07) is 9.49. The molecule has 1 aliphatic rings. The Balaban J connectivity index is 1.80. The summed E-state index contributed by atoms with van der Waals surface area (Å²) in [5.74, 6) is 0.685. The van der Waals surface area contributed by atoms with Crippen molar-refractivity contribution in [2.45, 2.75) is 38.8 Å². The number of carbonyl (C=O) groups is 1. The van der Waals surface area contributed by atoms with Crippen LogP contribution in [0.2, 0.25) is 0 Å². The van der Waals surface area contributed by atoms with Crippen molar-refractivity contribution in [3.05, 3.63) is 47.7 Å². The molecule has 1 aromatic carbocycles. The van der Waals surface area contributed by atoms with Crippen molar-refractivity contribution in [1.29, 1.82) is 0 Å². The maximum absolute atomic E-state index is 12.8. The van der Waals surface area contributed by atoms with Crippen LogP contribution in [-0.2, 0) is 6.42 Å². The zero-order valence-electron chi connectivity index (χ0n) is 14.1. The molecule has 3 rings (SSSR count). The van der Waals surface area contributed by atoms with Gasteiger partial charge in [0.15, 0.2) is 0 Å². The second kappa shape index (κ2) is 7.05. The number of amides is 2. The highest BCUT2D eigenvalue weighted by molar-refractivity contribution is 5.89. The number of fused-ring (bicyclic) bond motifs is 1. The summed E-state index contributed by atoms with van der Waals surface area (Å²) in [5, 5.41) is 17.1. The Morgan fingerprint density at radius 3 is 2.96 bits per heavy atom. The fourth-order valence-corrected chi connectivity index (χ4v) is 3.21. The maximum Gasteiger partial charge on any atom is 0.323 e. The highest BCUT2D eigenvalue weighted by atomic mass is 16.3. The van der Waals surface area contributed by atoms with Gasteiger partial charge in [-0.1, -0.05) is 31.2 Å². The fourth-order valence-electron chi connectivity index (χ4n) is 3.21. The van der Waals surface area contributed by atoms with Crippen LogP contribution in [0, 0.1) is 0 Å². The van der Waals surface area contributed by atoms with Crippen LogP contribution in [-0.4, -0.2) is 39.0 Å². The lowest BCUT2D eigenvalue weighted by atomic mass is 9.93. The summed E-state index contributed by atoms with van der Waals surface area (Å²) in [4.78, 5) is 14.5. The zero-order valence-corrected chi connectivity index (χ0v) is 14.1. The number of aliphatic hydroxyl groups excluding tert-OH is 1. The van der Waals surface area contributed by atoms with Crippen LogP contribution in [0.5, 0.6) is 0 Å². The molecule has 2 N–H and O–H groups in total. The van der Waals surface area contributed by atoms with Crippen LogP contribution in [0.1, 0.15) is 43.5 Å². The van der Waals surface area contributed by atoms with Crippen molar-refractivity contribution in [3.8, 4) is 0 Å². The van der Waals surface area contributed by atoms with E-state index in [4.69, 9.17) is 0 Å². The van der Waals surface area contributed by atoms with E-state index in [1.54, 1.807) is 17.2 Å². The van der Waals surface area contributed by atoms with E-state index in [9.17, 15) is 9.90 Å². The van der Waals surface area contributed by atoms with Crippen molar-refractivity contribution in [2.75, 3.05) is 18.5 Å². The SMILES string of the molecule is CCC(C)n1nccc1NC(=O)N1CCc2ccccc2C1CO. The summed E-state index contributed by atoms with van der Waals surface area (Å²) in [7, 11) is 0. The number of hydrogen-bond acceptors (Lipinski definition) is 3. The summed E-state index contributed by atoms with van der Waals surface area (Å²) in [6.07, 6.45) is 3.42. The Labute approximate surface area is 142 Å². The van der Waals surface area contributed by atoms with Gasteiger partial charge in [-0.25, -0.2) is 9.48 Å². The second-order valence-electron chi connectivity index (χ2n) is 6.19. The van der Waals surface area contributed by atoms with E-state index in [1.165, 1.54) is 5.56 Å². The topological polar surface area (TPSA) is 70.4 Å². The van der Waals surface area contributed by atoms with E-state index in [0.29, 0.717) is 12.4 Å². The first-order chi connectivity index (χ1) is 11.7. The van der Waals surface area contributed by atoms with Gasteiger partial charge in [0.05, 0.1) is 24.9 Å². The number of benzene rings is 1. The minimum absolute atomic E-state index is 0.0882. The zero-order chi connectivity index (χ0) is 17.1. The first-order valence-corrected chi connectivity index (χ1v) is 8.45. The molecule has 0 saturated heterocycles. The Hall–Kier alpha value is -2.34. The van der Waals surface area contributed by atoms with Gasteiger partial charge in [0, 0.05) is 12.6 Å². The monoisotopic (exact) mass is 328 g/mol. The summed E-state index contributed by atoms with van der Waals surface area (Å²) < 4.78 is 1.82. The molecule has 0 fully saturated rings. The van der Waals surface area contributed by atoms with E-state index in [-0.39, 0.29) is 24.7 Å². The molecule has 2 unspecified atom stereocenters. The van der Waals surface area contributed by atoms with Crippen LogP contribution in [0.25, 0.3) is 0 Å². The van der Waals surface area contributed by atoms with Gasteiger partial charge in [-0.2, -0.15) is 5.10 Å². The van der Waals surface area contributed by atoms with Crippen LogP contribution < -0.4 is 5.32 Å². The van der Waals surface area contributed by atoms with Gasteiger partial charge in [-0.3, -0.25) is 5.32 Å². The van der Waals surface area contributed by atoms with Gasteiger partial charge >= 0.3 is 6.03 Å². The average molecular weight is 328 g/mol. The number of hydrogen-bond donors (Lipinski definition) is 2. The molecule has 128 valence electrons. The molecule has 0 bridgehead atoms. The molecular formula is C18H24N4O2. The van der Waals surface area contributed by atoms with Crippen molar-refractivity contribution in [3.63, 3.8) is 0 Å². The largest absolute Gasteiger partial charge is 0.394 e. The number of rotatable bonds is 4. The van der Waals surface area contributed by atoms with Crippen LogP contribution >= 0.6 is 0 Å². The Kier molecular flexibility index (Phi) is 4.85. The lowest BCUT2D eigenvalue weighted by molar-refractivity contribution is 0.135.